The summed E-state index contributed by atoms with van der Waals surface area (Å²) >= 11 is 0. The van der Waals surface area contributed by atoms with E-state index >= 15 is 0 Å². The van der Waals surface area contributed by atoms with Gasteiger partial charge in [0, 0.05) is 6.54 Å². The van der Waals surface area contributed by atoms with Crippen molar-refractivity contribution in [3.63, 3.8) is 0 Å². The van der Waals surface area contributed by atoms with E-state index in [2.05, 4.69) is 4.74 Å². The summed E-state index contributed by atoms with van der Waals surface area (Å²) in [6, 6.07) is -0.558. The molecule has 2 atom stereocenters. The minimum atomic E-state index is -0.558. The lowest BCUT2D eigenvalue weighted by atomic mass is 10.1. The van der Waals surface area contributed by atoms with E-state index < -0.39 is 17.6 Å². The number of hydrogen-bond donors (Lipinski definition) is 1. The van der Waals surface area contributed by atoms with Crippen LogP contribution in [0, 0.1) is 5.92 Å². The third kappa shape index (κ3) is 4.44. The topological polar surface area (TPSA) is 81.9 Å². The number of hydrogen-bond acceptors (Lipinski definition) is 6. The SMILES string of the molecule is COC(=O)[C@@H]1C[C@H](C(=O)OC(C)(C)C)CN1N.Cl. The van der Waals surface area contributed by atoms with Crippen molar-refractivity contribution in [2.45, 2.75) is 38.8 Å². The van der Waals surface area contributed by atoms with E-state index in [0.29, 0.717) is 13.0 Å². The van der Waals surface area contributed by atoms with Gasteiger partial charge in [0.2, 0.25) is 0 Å². The second-order valence-electron chi connectivity index (χ2n) is 5.20. The van der Waals surface area contributed by atoms with Gasteiger partial charge >= 0.3 is 11.9 Å². The quantitative estimate of drug-likeness (QED) is 0.585. The highest BCUT2D eigenvalue weighted by molar-refractivity contribution is 5.85. The van der Waals surface area contributed by atoms with Gasteiger partial charge in [0.25, 0.3) is 0 Å². The predicted octanol–water partition coefficient (Wildman–Crippen LogP) is 0.487. The third-order valence-electron chi connectivity index (χ3n) is 2.55. The fourth-order valence-electron chi connectivity index (χ4n) is 1.78. The van der Waals surface area contributed by atoms with Gasteiger partial charge in [0.15, 0.2) is 0 Å². The Labute approximate surface area is 113 Å². The maximum Gasteiger partial charge on any atom is 0.324 e. The number of carbonyl (C=O) groups is 2. The van der Waals surface area contributed by atoms with E-state index in [-0.39, 0.29) is 24.3 Å². The molecule has 0 aromatic rings. The molecule has 1 heterocycles. The highest BCUT2D eigenvalue weighted by atomic mass is 35.5. The summed E-state index contributed by atoms with van der Waals surface area (Å²) in [6.07, 6.45) is 0.345. The molecule has 106 valence electrons. The molecule has 0 radical (unpaired) electrons. The van der Waals surface area contributed by atoms with Crippen LogP contribution in [0.1, 0.15) is 27.2 Å². The molecule has 0 aromatic heterocycles. The number of carbonyl (C=O) groups excluding carboxylic acids is 2. The zero-order chi connectivity index (χ0) is 13.2. The third-order valence-corrected chi connectivity index (χ3v) is 2.55. The molecular formula is C11H21ClN2O4. The van der Waals surface area contributed by atoms with Crippen molar-refractivity contribution >= 4 is 24.3 Å². The Morgan fingerprint density at radius 1 is 1.28 bits per heavy atom. The summed E-state index contributed by atoms with van der Waals surface area (Å²) in [5, 5.41) is 1.33. The highest BCUT2D eigenvalue weighted by Gasteiger charge is 2.40. The van der Waals surface area contributed by atoms with Gasteiger partial charge in [0.05, 0.1) is 13.0 Å². The maximum atomic E-state index is 11.8. The molecular weight excluding hydrogens is 260 g/mol. The smallest absolute Gasteiger partial charge is 0.324 e. The minimum Gasteiger partial charge on any atom is -0.468 e. The van der Waals surface area contributed by atoms with Crippen LogP contribution in [0.5, 0.6) is 0 Å². The van der Waals surface area contributed by atoms with Crippen LogP contribution in [0.3, 0.4) is 0 Å². The molecule has 1 fully saturated rings. The zero-order valence-electron chi connectivity index (χ0n) is 11.1. The molecule has 0 aliphatic carbocycles. The van der Waals surface area contributed by atoms with Crippen LogP contribution >= 0.6 is 12.4 Å². The van der Waals surface area contributed by atoms with Crippen molar-refractivity contribution < 1.29 is 19.1 Å². The highest BCUT2D eigenvalue weighted by Crippen LogP contribution is 2.24. The summed E-state index contributed by atoms with van der Waals surface area (Å²) < 4.78 is 9.88. The first-order valence-corrected chi connectivity index (χ1v) is 5.56. The molecule has 0 amide bonds. The summed E-state index contributed by atoms with van der Waals surface area (Å²) in [6.45, 7) is 5.72. The molecule has 1 saturated heterocycles. The molecule has 1 aliphatic heterocycles. The predicted molar refractivity (Wildman–Crippen MR) is 67.9 cm³/mol. The van der Waals surface area contributed by atoms with Gasteiger partial charge in [-0.3, -0.25) is 15.4 Å². The van der Waals surface area contributed by atoms with Gasteiger partial charge in [-0.15, -0.1) is 12.4 Å². The van der Waals surface area contributed by atoms with Crippen molar-refractivity contribution in [3.05, 3.63) is 0 Å². The normalized spacial score (nSPS) is 24.3. The first kappa shape index (κ1) is 17.2. The first-order chi connectivity index (χ1) is 7.74. The number of ether oxygens (including phenoxy) is 2. The van der Waals surface area contributed by atoms with Gasteiger partial charge in [-0.1, -0.05) is 0 Å². The number of esters is 2. The van der Waals surface area contributed by atoms with Gasteiger partial charge in [-0.05, 0) is 27.2 Å². The number of hydrazine groups is 1. The van der Waals surface area contributed by atoms with E-state index in [9.17, 15) is 9.59 Å². The Morgan fingerprint density at radius 3 is 2.28 bits per heavy atom. The Kier molecular flexibility index (Phi) is 6.06. The summed E-state index contributed by atoms with van der Waals surface area (Å²) in [5.41, 5.74) is -0.528. The zero-order valence-corrected chi connectivity index (χ0v) is 12.0. The largest absolute Gasteiger partial charge is 0.468 e. The van der Waals surface area contributed by atoms with Gasteiger partial charge < -0.3 is 9.47 Å². The molecule has 1 aliphatic rings. The summed E-state index contributed by atoms with van der Waals surface area (Å²) in [7, 11) is 1.30. The molecule has 0 unspecified atom stereocenters. The Morgan fingerprint density at radius 2 is 1.83 bits per heavy atom. The fraction of sp³-hybridized carbons (Fsp3) is 0.818. The van der Waals surface area contributed by atoms with E-state index in [1.165, 1.54) is 12.1 Å². The molecule has 1 rings (SSSR count). The van der Waals surface area contributed by atoms with Crippen LogP contribution in [0.25, 0.3) is 0 Å². The molecule has 0 bridgehead atoms. The van der Waals surface area contributed by atoms with Crippen molar-refractivity contribution in [2.24, 2.45) is 11.8 Å². The number of rotatable bonds is 2. The molecule has 0 saturated carbocycles. The van der Waals surface area contributed by atoms with Crippen LogP contribution in [-0.4, -0.2) is 42.2 Å². The van der Waals surface area contributed by atoms with Crippen LogP contribution < -0.4 is 5.84 Å². The molecule has 7 heteroatoms. The van der Waals surface area contributed by atoms with Gasteiger partial charge in [-0.25, -0.2) is 5.01 Å². The average Bonchev–Trinajstić information content (AvgIpc) is 2.57. The Hall–Kier alpha value is -0.850. The number of nitrogens with zero attached hydrogens (tertiary/aromatic N) is 1. The Balaban J connectivity index is 0.00000289. The van der Waals surface area contributed by atoms with Crippen molar-refractivity contribution in [2.75, 3.05) is 13.7 Å². The van der Waals surface area contributed by atoms with Crippen LogP contribution in [0.4, 0.5) is 0 Å². The van der Waals surface area contributed by atoms with Crippen molar-refractivity contribution in [1.82, 2.24) is 5.01 Å². The molecule has 18 heavy (non-hydrogen) atoms. The molecule has 0 aromatic carbocycles. The van der Waals surface area contributed by atoms with Crippen LogP contribution in [0.15, 0.2) is 0 Å². The van der Waals surface area contributed by atoms with Gasteiger partial charge in [0.1, 0.15) is 11.6 Å². The average molecular weight is 281 g/mol. The van der Waals surface area contributed by atoms with Crippen LogP contribution in [-0.2, 0) is 19.1 Å². The fourth-order valence-corrected chi connectivity index (χ4v) is 1.78. The van der Waals surface area contributed by atoms with E-state index in [1.807, 2.05) is 0 Å². The number of methoxy groups -OCH3 is 1. The van der Waals surface area contributed by atoms with Crippen molar-refractivity contribution in [1.29, 1.82) is 0 Å². The van der Waals surface area contributed by atoms with E-state index in [4.69, 9.17) is 10.6 Å². The van der Waals surface area contributed by atoms with E-state index in [1.54, 1.807) is 20.8 Å². The maximum absolute atomic E-state index is 11.8. The first-order valence-electron chi connectivity index (χ1n) is 5.56. The number of halogens is 1. The molecule has 0 spiro atoms. The van der Waals surface area contributed by atoms with Crippen molar-refractivity contribution in [3.8, 4) is 0 Å². The van der Waals surface area contributed by atoms with Crippen LogP contribution in [0.2, 0.25) is 0 Å². The van der Waals surface area contributed by atoms with E-state index in [0.717, 1.165) is 0 Å². The molecule has 2 N–H and O–H groups in total. The lowest BCUT2D eigenvalue weighted by Crippen LogP contribution is -2.41. The lowest BCUT2D eigenvalue weighted by molar-refractivity contribution is -0.159. The van der Waals surface area contributed by atoms with Gasteiger partial charge in [-0.2, -0.15) is 0 Å². The monoisotopic (exact) mass is 280 g/mol. The summed E-state index contributed by atoms with van der Waals surface area (Å²) in [5.74, 6) is 4.56. The lowest BCUT2D eigenvalue weighted by Gasteiger charge is -2.21. The second kappa shape index (κ2) is 6.36. The molecule has 6 nitrogen and oxygen atoms in total. The summed E-state index contributed by atoms with van der Waals surface area (Å²) in [4.78, 5) is 23.2. The minimum absolute atomic E-state index is 0. The number of nitrogens with two attached hydrogens (primary N) is 1. The second-order valence-corrected chi connectivity index (χ2v) is 5.20. The standard InChI is InChI=1S/C11H20N2O4.ClH/c1-11(2,3)17-9(14)7-5-8(10(15)16-4)13(12)6-7;/h7-8H,5-6,12H2,1-4H3;1H/t7-,8-;/m0./s1. The Bertz CT molecular complexity index is 317.